The lowest BCUT2D eigenvalue weighted by Gasteiger charge is -2.18. The van der Waals surface area contributed by atoms with Crippen LogP contribution in [-0.2, 0) is 6.42 Å². The number of nitrogen functional groups attached to an aromatic ring is 1. The zero-order valence-electron chi connectivity index (χ0n) is 11.9. The van der Waals surface area contributed by atoms with E-state index in [0.29, 0.717) is 5.82 Å². The summed E-state index contributed by atoms with van der Waals surface area (Å²) in [6.07, 6.45) is 0.758. The minimum atomic E-state index is 0.116. The summed E-state index contributed by atoms with van der Waals surface area (Å²) in [5, 5.41) is 4.12. The molecular weight excluding hydrogens is 272 g/mol. The number of benzene rings is 1. The number of nitrogens with two attached hydrogens (primary N) is 1. The Labute approximate surface area is 124 Å². The van der Waals surface area contributed by atoms with Gasteiger partial charge in [-0.1, -0.05) is 30.7 Å². The molecule has 0 saturated heterocycles. The first-order chi connectivity index (χ1) is 9.51. The summed E-state index contributed by atoms with van der Waals surface area (Å²) in [5.74, 6) is 2.07. The summed E-state index contributed by atoms with van der Waals surface area (Å²) in [5.41, 5.74) is 7.94. The van der Waals surface area contributed by atoms with Crippen LogP contribution < -0.4 is 11.1 Å². The predicted octanol–water partition coefficient (Wildman–Crippen LogP) is 3.76. The highest BCUT2D eigenvalue weighted by Gasteiger charge is 2.11. The van der Waals surface area contributed by atoms with Crippen LogP contribution in [0.1, 0.15) is 36.8 Å². The van der Waals surface area contributed by atoms with E-state index in [2.05, 4.69) is 22.2 Å². The molecule has 1 aromatic heterocycles. The van der Waals surface area contributed by atoms with Gasteiger partial charge in [0.25, 0.3) is 0 Å². The molecule has 4 nitrogen and oxygen atoms in total. The largest absolute Gasteiger partial charge is 0.383 e. The van der Waals surface area contributed by atoms with E-state index < -0.39 is 0 Å². The first-order valence-electron chi connectivity index (χ1n) is 6.66. The average Bonchev–Trinajstić information content (AvgIpc) is 2.44. The molecule has 1 unspecified atom stereocenters. The van der Waals surface area contributed by atoms with Crippen LogP contribution in [-0.4, -0.2) is 9.97 Å². The standard InChI is InChI=1S/C15H19ClN4/c1-4-13-19-14(17)9(2)15(20-13)18-10(3)11-5-7-12(16)8-6-11/h5-8,10H,4H2,1-3H3,(H3,17,18,19,20). The molecule has 0 saturated carbocycles. The van der Waals surface area contributed by atoms with Crippen molar-refractivity contribution in [3.63, 3.8) is 0 Å². The van der Waals surface area contributed by atoms with Gasteiger partial charge < -0.3 is 11.1 Å². The van der Waals surface area contributed by atoms with Crippen LogP contribution in [0.2, 0.25) is 5.02 Å². The first kappa shape index (κ1) is 14.6. The Kier molecular flexibility index (Phi) is 4.45. The second-order valence-corrected chi connectivity index (χ2v) is 5.21. The normalized spacial score (nSPS) is 12.2. The Balaban J connectivity index is 2.25. The molecular formula is C15H19ClN4. The molecule has 0 spiro atoms. The van der Waals surface area contributed by atoms with Crippen LogP contribution in [0.25, 0.3) is 0 Å². The maximum atomic E-state index is 5.92. The number of aromatic nitrogens is 2. The highest BCUT2D eigenvalue weighted by atomic mass is 35.5. The number of aryl methyl sites for hydroxylation is 1. The van der Waals surface area contributed by atoms with Gasteiger partial charge in [-0.15, -0.1) is 0 Å². The van der Waals surface area contributed by atoms with Crippen molar-refractivity contribution in [2.75, 3.05) is 11.1 Å². The minimum Gasteiger partial charge on any atom is -0.383 e. The lowest BCUT2D eigenvalue weighted by Crippen LogP contribution is -2.12. The fourth-order valence-corrected chi connectivity index (χ4v) is 2.05. The minimum absolute atomic E-state index is 0.116. The van der Waals surface area contributed by atoms with E-state index >= 15 is 0 Å². The van der Waals surface area contributed by atoms with Gasteiger partial charge in [0.05, 0.1) is 0 Å². The number of halogens is 1. The lowest BCUT2D eigenvalue weighted by molar-refractivity contribution is 0.853. The van der Waals surface area contributed by atoms with Crippen LogP contribution in [0.3, 0.4) is 0 Å². The van der Waals surface area contributed by atoms with Gasteiger partial charge in [-0.3, -0.25) is 0 Å². The fraction of sp³-hybridized carbons (Fsp3) is 0.333. The number of rotatable bonds is 4. The van der Waals surface area contributed by atoms with Gasteiger partial charge in [0.2, 0.25) is 0 Å². The number of hydrogen-bond acceptors (Lipinski definition) is 4. The Morgan fingerprint density at radius 3 is 2.50 bits per heavy atom. The molecule has 1 atom stereocenters. The molecule has 2 aromatic rings. The summed E-state index contributed by atoms with van der Waals surface area (Å²) in [7, 11) is 0. The Morgan fingerprint density at radius 1 is 1.25 bits per heavy atom. The van der Waals surface area contributed by atoms with Gasteiger partial charge in [0.1, 0.15) is 17.5 Å². The zero-order valence-corrected chi connectivity index (χ0v) is 12.7. The van der Waals surface area contributed by atoms with E-state index in [9.17, 15) is 0 Å². The second kappa shape index (κ2) is 6.09. The van der Waals surface area contributed by atoms with E-state index in [0.717, 1.165) is 34.2 Å². The number of nitrogens with zero attached hydrogens (tertiary/aromatic N) is 2. The second-order valence-electron chi connectivity index (χ2n) is 4.77. The van der Waals surface area contributed by atoms with Gasteiger partial charge in [0.15, 0.2) is 0 Å². The van der Waals surface area contributed by atoms with Crippen molar-refractivity contribution >= 4 is 23.2 Å². The smallest absolute Gasteiger partial charge is 0.135 e. The summed E-state index contributed by atoms with van der Waals surface area (Å²) in [6.45, 7) is 6.01. The van der Waals surface area contributed by atoms with Crippen molar-refractivity contribution in [1.82, 2.24) is 9.97 Å². The Hall–Kier alpha value is -1.81. The topological polar surface area (TPSA) is 63.8 Å². The van der Waals surface area contributed by atoms with Crippen LogP contribution in [0.5, 0.6) is 0 Å². The molecule has 0 fully saturated rings. The lowest BCUT2D eigenvalue weighted by atomic mass is 10.1. The van der Waals surface area contributed by atoms with Crippen molar-refractivity contribution in [1.29, 1.82) is 0 Å². The van der Waals surface area contributed by atoms with Crippen molar-refractivity contribution in [3.8, 4) is 0 Å². The maximum absolute atomic E-state index is 5.92. The van der Waals surface area contributed by atoms with Gasteiger partial charge >= 0.3 is 0 Å². The number of anilines is 2. The molecule has 0 aliphatic heterocycles. The van der Waals surface area contributed by atoms with Crippen molar-refractivity contribution in [3.05, 3.63) is 46.2 Å². The van der Waals surface area contributed by atoms with Crippen LogP contribution >= 0.6 is 11.6 Å². The van der Waals surface area contributed by atoms with E-state index in [-0.39, 0.29) is 6.04 Å². The molecule has 0 amide bonds. The van der Waals surface area contributed by atoms with Gasteiger partial charge in [-0.2, -0.15) is 0 Å². The Bertz CT molecular complexity index is 596. The highest BCUT2D eigenvalue weighted by molar-refractivity contribution is 6.30. The first-order valence-corrected chi connectivity index (χ1v) is 7.04. The number of nitrogens with one attached hydrogen (secondary N) is 1. The summed E-state index contributed by atoms with van der Waals surface area (Å²) < 4.78 is 0. The van der Waals surface area contributed by atoms with E-state index in [1.54, 1.807) is 0 Å². The van der Waals surface area contributed by atoms with Crippen LogP contribution in [0.4, 0.5) is 11.6 Å². The van der Waals surface area contributed by atoms with Gasteiger partial charge in [0, 0.05) is 23.0 Å². The summed E-state index contributed by atoms with van der Waals surface area (Å²) in [4.78, 5) is 8.76. The average molecular weight is 291 g/mol. The Morgan fingerprint density at radius 2 is 1.90 bits per heavy atom. The molecule has 0 radical (unpaired) electrons. The van der Waals surface area contributed by atoms with Crippen LogP contribution in [0, 0.1) is 6.92 Å². The molecule has 0 aliphatic rings. The zero-order chi connectivity index (χ0) is 14.7. The third-order valence-electron chi connectivity index (χ3n) is 3.27. The highest BCUT2D eigenvalue weighted by Crippen LogP contribution is 2.24. The molecule has 2 rings (SSSR count). The molecule has 1 aromatic carbocycles. The third kappa shape index (κ3) is 3.20. The van der Waals surface area contributed by atoms with Crippen molar-refractivity contribution < 1.29 is 0 Å². The van der Waals surface area contributed by atoms with E-state index in [1.807, 2.05) is 38.1 Å². The monoisotopic (exact) mass is 290 g/mol. The number of hydrogen-bond donors (Lipinski definition) is 2. The molecule has 5 heteroatoms. The van der Waals surface area contributed by atoms with Gasteiger partial charge in [-0.25, -0.2) is 9.97 Å². The van der Waals surface area contributed by atoms with E-state index in [4.69, 9.17) is 17.3 Å². The van der Waals surface area contributed by atoms with E-state index in [1.165, 1.54) is 0 Å². The predicted molar refractivity (Wildman–Crippen MR) is 84.0 cm³/mol. The van der Waals surface area contributed by atoms with Crippen LogP contribution in [0.15, 0.2) is 24.3 Å². The molecule has 0 bridgehead atoms. The molecule has 1 heterocycles. The van der Waals surface area contributed by atoms with Crippen molar-refractivity contribution in [2.45, 2.75) is 33.2 Å². The molecule has 3 N–H and O–H groups in total. The SMILES string of the molecule is CCc1nc(N)c(C)c(NC(C)c2ccc(Cl)cc2)n1. The summed E-state index contributed by atoms with van der Waals surface area (Å²) in [6, 6.07) is 7.88. The molecule has 20 heavy (non-hydrogen) atoms. The molecule has 106 valence electrons. The van der Waals surface area contributed by atoms with Gasteiger partial charge in [-0.05, 0) is 31.5 Å². The maximum Gasteiger partial charge on any atom is 0.135 e. The molecule has 0 aliphatic carbocycles. The quantitative estimate of drug-likeness (QED) is 0.900. The summed E-state index contributed by atoms with van der Waals surface area (Å²) >= 11 is 5.90. The fourth-order valence-electron chi connectivity index (χ4n) is 1.92. The van der Waals surface area contributed by atoms with Crippen molar-refractivity contribution in [2.24, 2.45) is 0 Å². The third-order valence-corrected chi connectivity index (χ3v) is 3.52.